The lowest BCUT2D eigenvalue weighted by Crippen LogP contribution is -2.56. The first-order chi connectivity index (χ1) is 14.2. The Bertz CT molecular complexity index is 795. The van der Waals surface area contributed by atoms with Gasteiger partial charge in [0.2, 0.25) is 0 Å². The van der Waals surface area contributed by atoms with Crippen LogP contribution >= 0.6 is 0 Å². The van der Waals surface area contributed by atoms with Crippen molar-refractivity contribution in [1.29, 1.82) is 0 Å². The third kappa shape index (κ3) is 5.51. The van der Waals surface area contributed by atoms with Crippen LogP contribution in [0.4, 0.5) is 0 Å². The Morgan fingerprint density at radius 2 is 1.47 bits per heavy atom. The van der Waals surface area contributed by atoms with Crippen molar-refractivity contribution in [2.24, 2.45) is 11.8 Å². The van der Waals surface area contributed by atoms with Gasteiger partial charge in [0.1, 0.15) is 23.0 Å². The number of ether oxygens (including phenoxy) is 3. The second-order valence-electron chi connectivity index (χ2n) is 12.3. The minimum atomic E-state index is -2.29. The van der Waals surface area contributed by atoms with Crippen LogP contribution in [0.15, 0.2) is 12.2 Å². The molecule has 2 aliphatic heterocycles. The standard InChI is InChI=1S/C24H40O7Si/c1-21(2,3)30-19(26)17-15-12-13-16(25)24(29-15,14-28-32(10,11)23(7,8)9)18(17)20(27)31-22(4,5)6/h12-13,15,17-18H,14H2,1-11H3/t15-,17+,18+,24+/m0/s1. The maximum atomic E-state index is 13.4. The van der Waals surface area contributed by atoms with Gasteiger partial charge in [-0.25, -0.2) is 0 Å². The number of ketones is 1. The molecule has 1 fully saturated rings. The lowest BCUT2D eigenvalue weighted by atomic mass is 9.78. The largest absolute Gasteiger partial charge is 0.460 e. The monoisotopic (exact) mass is 468 g/mol. The molecule has 7 nitrogen and oxygen atoms in total. The minimum absolute atomic E-state index is 0.110. The van der Waals surface area contributed by atoms with Crippen LogP contribution < -0.4 is 0 Å². The van der Waals surface area contributed by atoms with Crippen LogP contribution in [-0.4, -0.2) is 55.6 Å². The SMILES string of the molecule is CC(C)(C)OC(=O)[C@@H]1[C@@H]2C=CC(=O)[C@@](CO[Si](C)(C)C(C)(C)C)(O2)[C@H]1C(=O)OC(C)(C)C. The summed E-state index contributed by atoms with van der Waals surface area (Å²) in [6, 6.07) is 0. The fraction of sp³-hybridized carbons (Fsp3) is 0.792. The van der Waals surface area contributed by atoms with Gasteiger partial charge in [-0.15, -0.1) is 0 Å². The van der Waals surface area contributed by atoms with Crippen molar-refractivity contribution >= 4 is 26.0 Å². The highest BCUT2D eigenvalue weighted by Gasteiger charge is 2.67. The first kappa shape index (κ1) is 26.7. The maximum absolute atomic E-state index is 13.4. The Hall–Kier alpha value is -1.51. The molecule has 0 aromatic rings. The highest BCUT2D eigenvalue weighted by molar-refractivity contribution is 6.74. The van der Waals surface area contributed by atoms with Crippen LogP contribution in [0, 0.1) is 11.8 Å². The summed E-state index contributed by atoms with van der Waals surface area (Å²) in [7, 11) is -2.29. The van der Waals surface area contributed by atoms with Gasteiger partial charge >= 0.3 is 11.9 Å². The molecule has 0 aromatic heterocycles. The maximum Gasteiger partial charge on any atom is 0.313 e. The number of hydrogen-bond donors (Lipinski definition) is 0. The molecule has 0 aliphatic carbocycles. The molecule has 0 N–H and O–H groups in total. The summed E-state index contributed by atoms with van der Waals surface area (Å²) in [5.74, 6) is -3.82. The van der Waals surface area contributed by atoms with Crippen LogP contribution in [0.5, 0.6) is 0 Å². The Labute approximate surface area is 193 Å². The summed E-state index contributed by atoms with van der Waals surface area (Å²) in [5, 5.41) is -0.110. The lowest BCUT2D eigenvalue weighted by Gasteiger charge is -2.41. The molecule has 32 heavy (non-hydrogen) atoms. The van der Waals surface area contributed by atoms with Crippen LogP contribution in [0.2, 0.25) is 18.1 Å². The van der Waals surface area contributed by atoms with Gasteiger partial charge in [-0.1, -0.05) is 26.8 Å². The first-order valence-corrected chi connectivity index (χ1v) is 14.1. The van der Waals surface area contributed by atoms with Crippen molar-refractivity contribution in [2.45, 2.75) is 103 Å². The second kappa shape index (κ2) is 8.36. The van der Waals surface area contributed by atoms with E-state index >= 15 is 0 Å². The molecule has 0 amide bonds. The zero-order valence-electron chi connectivity index (χ0n) is 21.5. The smallest absolute Gasteiger partial charge is 0.313 e. The van der Waals surface area contributed by atoms with E-state index in [1.165, 1.54) is 12.2 Å². The number of carbonyl (C=O) groups is 3. The van der Waals surface area contributed by atoms with Crippen LogP contribution in [0.1, 0.15) is 62.3 Å². The van der Waals surface area contributed by atoms with E-state index in [1.54, 1.807) is 41.5 Å². The van der Waals surface area contributed by atoms with E-state index in [-0.39, 0.29) is 11.6 Å². The lowest BCUT2D eigenvalue weighted by molar-refractivity contribution is -0.177. The molecule has 2 aliphatic rings. The van der Waals surface area contributed by atoms with Gasteiger partial charge in [-0.3, -0.25) is 14.4 Å². The highest BCUT2D eigenvalue weighted by Crippen LogP contribution is 2.48. The van der Waals surface area contributed by atoms with Crippen molar-refractivity contribution in [1.82, 2.24) is 0 Å². The van der Waals surface area contributed by atoms with Gasteiger partial charge in [0, 0.05) is 0 Å². The van der Waals surface area contributed by atoms with E-state index in [0.29, 0.717) is 0 Å². The van der Waals surface area contributed by atoms with E-state index in [9.17, 15) is 14.4 Å². The molecular weight excluding hydrogens is 428 g/mol. The predicted octanol–water partition coefficient (Wildman–Crippen LogP) is 4.20. The van der Waals surface area contributed by atoms with Gasteiger partial charge in [0.15, 0.2) is 19.7 Å². The molecule has 2 heterocycles. The topological polar surface area (TPSA) is 88.1 Å². The fourth-order valence-electron chi connectivity index (χ4n) is 3.60. The van der Waals surface area contributed by atoms with Crippen molar-refractivity contribution < 1.29 is 33.0 Å². The molecule has 182 valence electrons. The van der Waals surface area contributed by atoms with Crippen molar-refractivity contribution in [3.8, 4) is 0 Å². The number of carbonyl (C=O) groups excluding carboxylic acids is 3. The van der Waals surface area contributed by atoms with E-state index in [4.69, 9.17) is 18.6 Å². The Morgan fingerprint density at radius 3 is 1.94 bits per heavy atom. The summed E-state index contributed by atoms with van der Waals surface area (Å²) < 4.78 is 23.8. The van der Waals surface area contributed by atoms with Crippen molar-refractivity contribution in [3.63, 3.8) is 0 Å². The molecule has 8 heteroatoms. The molecule has 2 bridgehead atoms. The molecule has 0 unspecified atom stereocenters. The van der Waals surface area contributed by atoms with Gasteiger partial charge in [-0.2, -0.15) is 0 Å². The number of rotatable bonds is 5. The molecule has 1 saturated heterocycles. The number of fused-ring (bicyclic) bond motifs is 2. The molecule has 0 spiro atoms. The zero-order valence-corrected chi connectivity index (χ0v) is 22.5. The predicted molar refractivity (Wildman–Crippen MR) is 124 cm³/mol. The number of esters is 2. The Balaban J connectivity index is 2.52. The molecule has 4 atom stereocenters. The summed E-state index contributed by atoms with van der Waals surface area (Å²) in [4.78, 5) is 39.9. The van der Waals surface area contributed by atoms with E-state index < -0.39 is 60.8 Å². The van der Waals surface area contributed by atoms with Crippen molar-refractivity contribution in [3.05, 3.63) is 12.2 Å². The molecule has 2 rings (SSSR count). The molecule has 0 radical (unpaired) electrons. The summed E-state index contributed by atoms with van der Waals surface area (Å²) >= 11 is 0. The van der Waals surface area contributed by atoms with Crippen LogP contribution in [0.25, 0.3) is 0 Å². The highest BCUT2D eigenvalue weighted by atomic mass is 28.4. The van der Waals surface area contributed by atoms with Crippen LogP contribution in [-0.2, 0) is 33.0 Å². The first-order valence-electron chi connectivity index (χ1n) is 11.2. The van der Waals surface area contributed by atoms with Gasteiger partial charge in [-0.05, 0) is 65.8 Å². The summed E-state index contributed by atoms with van der Waals surface area (Å²) in [5.41, 5.74) is -3.19. The Morgan fingerprint density at radius 1 is 0.969 bits per heavy atom. The third-order valence-electron chi connectivity index (χ3n) is 6.21. The third-order valence-corrected chi connectivity index (χ3v) is 10.7. The second-order valence-corrected chi connectivity index (χ2v) is 17.1. The molecule has 0 aromatic carbocycles. The van der Waals surface area contributed by atoms with Crippen molar-refractivity contribution in [2.75, 3.05) is 6.61 Å². The van der Waals surface area contributed by atoms with Gasteiger partial charge in [0.25, 0.3) is 0 Å². The molecule has 0 saturated carbocycles. The quantitative estimate of drug-likeness (QED) is 0.441. The number of hydrogen-bond acceptors (Lipinski definition) is 7. The average Bonchev–Trinajstić information content (AvgIpc) is 2.84. The normalized spacial score (nSPS) is 28.6. The fourth-order valence-corrected chi connectivity index (χ4v) is 4.61. The Kier molecular flexibility index (Phi) is 6.99. The van der Waals surface area contributed by atoms with E-state index in [2.05, 4.69) is 33.9 Å². The van der Waals surface area contributed by atoms with Gasteiger partial charge in [0.05, 0.1) is 12.7 Å². The van der Waals surface area contributed by atoms with Gasteiger partial charge < -0.3 is 18.6 Å². The average molecular weight is 469 g/mol. The zero-order chi connectivity index (χ0) is 24.9. The molecular formula is C24H40O7Si. The summed E-state index contributed by atoms with van der Waals surface area (Å²) in [6.07, 6.45) is 2.15. The minimum Gasteiger partial charge on any atom is -0.460 e. The van der Waals surface area contributed by atoms with E-state index in [0.717, 1.165) is 0 Å². The summed E-state index contributed by atoms with van der Waals surface area (Å²) in [6.45, 7) is 20.8. The van der Waals surface area contributed by atoms with Crippen LogP contribution in [0.3, 0.4) is 0 Å². The van der Waals surface area contributed by atoms with E-state index in [1.807, 2.05) is 0 Å².